The van der Waals surface area contributed by atoms with Crippen LogP contribution in [0.15, 0.2) is 12.1 Å². The monoisotopic (exact) mass is 255 g/mol. The van der Waals surface area contributed by atoms with Gasteiger partial charge in [0.15, 0.2) is 11.5 Å². The van der Waals surface area contributed by atoms with Crippen molar-refractivity contribution in [1.29, 1.82) is 5.26 Å². The van der Waals surface area contributed by atoms with Crippen LogP contribution >= 0.6 is 0 Å². The van der Waals surface area contributed by atoms with Crippen LogP contribution in [0.25, 0.3) is 0 Å². The van der Waals surface area contributed by atoms with E-state index in [1.807, 2.05) is 6.07 Å². The van der Waals surface area contributed by atoms with Crippen LogP contribution in [0.3, 0.4) is 0 Å². The minimum absolute atomic E-state index is 0.156. The van der Waals surface area contributed by atoms with E-state index in [2.05, 4.69) is 12.1 Å². The Morgan fingerprint density at radius 2 is 2.26 bits per heavy atom. The first-order valence-electron chi connectivity index (χ1n) is 7.09. The third-order valence-electron chi connectivity index (χ3n) is 5.08. The Morgan fingerprint density at radius 3 is 3.05 bits per heavy atom. The zero-order chi connectivity index (χ0) is 13.0. The van der Waals surface area contributed by atoms with Gasteiger partial charge >= 0.3 is 0 Å². The van der Waals surface area contributed by atoms with Gasteiger partial charge in [-0.1, -0.05) is 6.07 Å². The lowest BCUT2D eigenvalue weighted by Gasteiger charge is -2.39. The molecular formula is C16H17NO2. The van der Waals surface area contributed by atoms with Crippen molar-refractivity contribution < 1.29 is 9.47 Å². The van der Waals surface area contributed by atoms with E-state index in [1.54, 1.807) is 7.11 Å². The molecule has 0 saturated heterocycles. The minimum Gasteiger partial charge on any atom is -0.493 e. The van der Waals surface area contributed by atoms with E-state index in [4.69, 9.17) is 9.47 Å². The van der Waals surface area contributed by atoms with Gasteiger partial charge in [-0.25, -0.2) is 0 Å². The maximum Gasteiger partial charge on any atom is 0.165 e. The SMILES string of the molecule is COc1ccc2c3c1O[C@H]1CCC[C@H]([C@@H]31)[C@H](C#N)C2. The summed E-state index contributed by atoms with van der Waals surface area (Å²) in [6, 6.07) is 6.64. The molecule has 1 aliphatic heterocycles. The molecule has 3 heteroatoms. The maximum atomic E-state index is 9.44. The number of nitrogens with zero attached hydrogens (tertiary/aromatic N) is 1. The van der Waals surface area contributed by atoms with Crippen molar-refractivity contribution in [2.75, 3.05) is 7.11 Å². The first-order valence-corrected chi connectivity index (χ1v) is 7.09. The van der Waals surface area contributed by atoms with Crippen molar-refractivity contribution in [3.63, 3.8) is 0 Å². The van der Waals surface area contributed by atoms with Crippen LogP contribution in [0.1, 0.15) is 36.3 Å². The van der Waals surface area contributed by atoms with E-state index in [-0.39, 0.29) is 12.0 Å². The summed E-state index contributed by atoms with van der Waals surface area (Å²) in [7, 11) is 1.70. The number of ether oxygens (including phenoxy) is 2. The number of benzene rings is 1. The first kappa shape index (κ1) is 11.2. The van der Waals surface area contributed by atoms with E-state index in [0.717, 1.165) is 24.3 Å². The molecule has 98 valence electrons. The highest BCUT2D eigenvalue weighted by atomic mass is 16.5. The van der Waals surface area contributed by atoms with Crippen LogP contribution in [0.5, 0.6) is 11.5 Å². The van der Waals surface area contributed by atoms with Crippen molar-refractivity contribution in [3.05, 3.63) is 23.3 Å². The van der Waals surface area contributed by atoms with Crippen molar-refractivity contribution in [2.45, 2.75) is 37.7 Å². The molecule has 1 aromatic carbocycles. The van der Waals surface area contributed by atoms with Crippen molar-refractivity contribution in [2.24, 2.45) is 11.8 Å². The highest BCUT2D eigenvalue weighted by Gasteiger charge is 2.49. The number of methoxy groups -OCH3 is 1. The number of hydrogen-bond acceptors (Lipinski definition) is 3. The molecule has 1 heterocycles. The molecule has 0 unspecified atom stereocenters. The Morgan fingerprint density at radius 1 is 1.37 bits per heavy atom. The van der Waals surface area contributed by atoms with Gasteiger partial charge in [-0.15, -0.1) is 0 Å². The summed E-state index contributed by atoms with van der Waals surface area (Å²) in [4.78, 5) is 0. The van der Waals surface area contributed by atoms with Crippen LogP contribution in [0.4, 0.5) is 0 Å². The summed E-state index contributed by atoms with van der Waals surface area (Å²) < 4.78 is 11.6. The summed E-state index contributed by atoms with van der Waals surface area (Å²) in [5.74, 6) is 2.86. The zero-order valence-corrected chi connectivity index (χ0v) is 11.1. The second kappa shape index (κ2) is 3.90. The molecule has 0 amide bonds. The third-order valence-corrected chi connectivity index (χ3v) is 5.08. The predicted molar refractivity (Wildman–Crippen MR) is 70.3 cm³/mol. The molecule has 3 nitrogen and oxygen atoms in total. The Labute approximate surface area is 113 Å². The van der Waals surface area contributed by atoms with Gasteiger partial charge in [0.05, 0.1) is 19.1 Å². The fourth-order valence-electron chi connectivity index (χ4n) is 4.30. The van der Waals surface area contributed by atoms with Crippen LogP contribution in [-0.2, 0) is 6.42 Å². The summed E-state index contributed by atoms with van der Waals surface area (Å²) >= 11 is 0. The fraction of sp³-hybridized carbons (Fsp3) is 0.562. The van der Waals surface area contributed by atoms with Gasteiger partial charge in [0, 0.05) is 11.5 Å². The zero-order valence-electron chi connectivity index (χ0n) is 11.1. The largest absolute Gasteiger partial charge is 0.493 e. The van der Waals surface area contributed by atoms with Crippen LogP contribution < -0.4 is 9.47 Å². The Kier molecular flexibility index (Phi) is 2.29. The molecule has 0 N–H and O–H groups in total. The average molecular weight is 255 g/mol. The summed E-state index contributed by atoms with van der Waals surface area (Å²) in [5, 5.41) is 9.44. The van der Waals surface area contributed by atoms with E-state index in [9.17, 15) is 5.26 Å². The Hall–Kier alpha value is -1.69. The number of hydrogen-bond donors (Lipinski definition) is 0. The topological polar surface area (TPSA) is 42.2 Å². The van der Waals surface area contributed by atoms with E-state index >= 15 is 0 Å². The standard InChI is InChI=1S/C16H17NO2/c1-18-13-6-5-9-7-10(8-17)11-3-2-4-12-15(11)14(9)16(13)19-12/h5-6,10-12,15H,2-4,7H2,1H3/t10-,11-,12-,15+/m0/s1. The molecule has 0 spiro atoms. The second-order valence-electron chi connectivity index (χ2n) is 5.89. The lowest BCUT2D eigenvalue weighted by molar-refractivity contribution is 0.104. The third kappa shape index (κ3) is 1.37. The van der Waals surface area contributed by atoms with Gasteiger partial charge in [-0.05, 0) is 43.2 Å². The van der Waals surface area contributed by atoms with E-state index in [1.165, 1.54) is 24.0 Å². The summed E-state index contributed by atoms with van der Waals surface area (Å²) in [5.41, 5.74) is 2.65. The molecule has 1 saturated carbocycles. The van der Waals surface area contributed by atoms with E-state index in [0.29, 0.717) is 11.8 Å². The van der Waals surface area contributed by atoms with Crippen LogP contribution in [0.2, 0.25) is 0 Å². The van der Waals surface area contributed by atoms with Gasteiger partial charge in [0.25, 0.3) is 0 Å². The predicted octanol–water partition coefficient (Wildman–Crippen LogP) is 3.04. The van der Waals surface area contributed by atoms with E-state index < -0.39 is 0 Å². The molecule has 1 aromatic rings. The lowest BCUT2D eigenvalue weighted by Crippen LogP contribution is -2.37. The average Bonchev–Trinajstić information content (AvgIpc) is 2.85. The normalized spacial score (nSPS) is 34.1. The Bertz CT molecular complexity index is 575. The minimum atomic E-state index is 0.156. The summed E-state index contributed by atoms with van der Waals surface area (Å²) in [6.45, 7) is 0. The molecule has 0 aromatic heterocycles. The molecular weight excluding hydrogens is 238 g/mol. The highest BCUT2D eigenvalue weighted by Crippen LogP contribution is 2.57. The molecule has 2 aliphatic carbocycles. The smallest absolute Gasteiger partial charge is 0.165 e. The van der Waals surface area contributed by atoms with Crippen LogP contribution in [-0.4, -0.2) is 13.2 Å². The molecule has 3 aliphatic rings. The van der Waals surface area contributed by atoms with Gasteiger partial charge in [0.1, 0.15) is 6.10 Å². The van der Waals surface area contributed by atoms with Gasteiger partial charge in [-0.2, -0.15) is 5.26 Å². The fourth-order valence-corrected chi connectivity index (χ4v) is 4.30. The lowest BCUT2D eigenvalue weighted by atomic mass is 9.63. The highest BCUT2D eigenvalue weighted by molar-refractivity contribution is 5.57. The molecule has 1 fully saturated rings. The van der Waals surface area contributed by atoms with Crippen molar-refractivity contribution in [1.82, 2.24) is 0 Å². The number of nitriles is 1. The first-order chi connectivity index (χ1) is 9.33. The van der Waals surface area contributed by atoms with Crippen molar-refractivity contribution >= 4 is 0 Å². The number of rotatable bonds is 1. The molecule has 0 bridgehead atoms. The van der Waals surface area contributed by atoms with Crippen LogP contribution in [0, 0.1) is 23.2 Å². The molecule has 0 radical (unpaired) electrons. The second-order valence-corrected chi connectivity index (χ2v) is 5.89. The molecule has 19 heavy (non-hydrogen) atoms. The molecule has 4 atom stereocenters. The Balaban J connectivity index is 1.91. The quantitative estimate of drug-likeness (QED) is 0.774. The summed E-state index contributed by atoms with van der Waals surface area (Å²) in [6.07, 6.45) is 4.59. The van der Waals surface area contributed by atoms with Gasteiger partial charge in [-0.3, -0.25) is 0 Å². The van der Waals surface area contributed by atoms with Gasteiger partial charge < -0.3 is 9.47 Å². The van der Waals surface area contributed by atoms with Crippen molar-refractivity contribution in [3.8, 4) is 17.6 Å². The van der Waals surface area contributed by atoms with Gasteiger partial charge in [0.2, 0.25) is 0 Å². The maximum absolute atomic E-state index is 9.44. The molecule has 4 rings (SSSR count).